The van der Waals surface area contributed by atoms with Crippen molar-refractivity contribution in [1.29, 1.82) is 0 Å². The molecule has 1 aliphatic rings. The van der Waals surface area contributed by atoms with Crippen LogP contribution < -0.4 is 5.32 Å². The zero-order chi connectivity index (χ0) is 12.4. The van der Waals surface area contributed by atoms with Crippen LogP contribution in [0, 0.1) is 11.6 Å². The van der Waals surface area contributed by atoms with Crippen LogP contribution in [0.5, 0.6) is 0 Å². The maximum absolute atomic E-state index is 13.3. The molecule has 1 aromatic carbocycles. The molecule has 2 nitrogen and oxygen atoms in total. The number of rotatable bonds is 2. The Labute approximate surface area is 103 Å². The predicted molar refractivity (Wildman–Crippen MR) is 61.1 cm³/mol. The first-order valence-corrected chi connectivity index (χ1v) is 5.91. The summed E-state index contributed by atoms with van der Waals surface area (Å²) in [6.07, 6.45) is 2.54. The molecule has 0 aromatic heterocycles. The van der Waals surface area contributed by atoms with Crippen LogP contribution >= 0.6 is 11.6 Å². The minimum Gasteiger partial charge on any atom is -0.348 e. The first-order valence-electron chi connectivity index (χ1n) is 5.48. The Morgan fingerprint density at radius 3 is 2.76 bits per heavy atom. The molecular formula is C12H12ClF2NO. The van der Waals surface area contributed by atoms with Crippen molar-refractivity contribution < 1.29 is 13.6 Å². The van der Waals surface area contributed by atoms with Crippen LogP contribution in [-0.2, 0) is 0 Å². The summed E-state index contributed by atoms with van der Waals surface area (Å²) < 4.78 is 26.3. The maximum atomic E-state index is 13.3. The van der Waals surface area contributed by atoms with E-state index in [0.717, 1.165) is 37.5 Å². The monoisotopic (exact) mass is 259 g/mol. The van der Waals surface area contributed by atoms with Crippen molar-refractivity contribution in [3.63, 3.8) is 0 Å². The second-order valence-electron chi connectivity index (χ2n) is 4.15. The lowest BCUT2D eigenvalue weighted by Crippen LogP contribution is -2.38. The van der Waals surface area contributed by atoms with Crippen molar-refractivity contribution in [2.75, 3.05) is 0 Å². The molecule has 0 radical (unpaired) electrons. The van der Waals surface area contributed by atoms with E-state index in [9.17, 15) is 13.6 Å². The lowest BCUT2D eigenvalue weighted by atomic mass is 10.1. The average Bonchev–Trinajstić information content (AvgIpc) is 2.68. The van der Waals surface area contributed by atoms with E-state index in [1.807, 2.05) is 0 Å². The molecule has 1 N–H and O–H groups in total. The highest BCUT2D eigenvalue weighted by Crippen LogP contribution is 2.24. The average molecular weight is 260 g/mol. The third-order valence-electron chi connectivity index (χ3n) is 2.92. The number of hydrogen-bond donors (Lipinski definition) is 1. The zero-order valence-corrected chi connectivity index (χ0v) is 9.81. The second-order valence-corrected chi connectivity index (χ2v) is 4.71. The lowest BCUT2D eigenvalue weighted by molar-refractivity contribution is 0.0933. The highest BCUT2D eigenvalue weighted by atomic mass is 35.5. The van der Waals surface area contributed by atoms with Crippen LogP contribution in [0.2, 0.25) is 0 Å². The summed E-state index contributed by atoms with van der Waals surface area (Å²) >= 11 is 6.00. The second kappa shape index (κ2) is 5.00. The van der Waals surface area contributed by atoms with Crippen molar-refractivity contribution in [2.24, 2.45) is 0 Å². The van der Waals surface area contributed by atoms with E-state index in [-0.39, 0.29) is 17.0 Å². The number of carbonyl (C=O) groups excluding carboxylic acids is 1. The van der Waals surface area contributed by atoms with E-state index < -0.39 is 17.5 Å². The van der Waals surface area contributed by atoms with Gasteiger partial charge in [-0.25, -0.2) is 8.78 Å². The highest BCUT2D eigenvalue weighted by molar-refractivity contribution is 6.21. The molecular weight excluding hydrogens is 248 g/mol. The van der Waals surface area contributed by atoms with Gasteiger partial charge in [0.05, 0.1) is 10.9 Å². The van der Waals surface area contributed by atoms with Gasteiger partial charge >= 0.3 is 0 Å². The molecule has 0 spiro atoms. The summed E-state index contributed by atoms with van der Waals surface area (Å²) in [4.78, 5) is 11.7. The van der Waals surface area contributed by atoms with Gasteiger partial charge < -0.3 is 5.32 Å². The third-order valence-corrected chi connectivity index (χ3v) is 3.44. The van der Waals surface area contributed by atoms with Crippen LogP contribution in [0.4, 0.5) is 8.78 Å². The number of carbonyl (C=O) groups is 1. The van der Waals surface area contributed by atoms with Gasteiger partial charge in [0.1, 0.15) is 11.6 Å². The lowest BCUT2D eigenvalue weighted by Gasteiger charge is -2.16. The minimum atomic E-state index is -0.729. The normalized spacial score (nSPS) is 23.7. The fourth-order valence-corrected chi connectivity index (χ4v) is 2.34. The van der Waals surface area contributed by atoms with E-state index in [1.165, 1.54) is 0 Å². The Kier molecular flexibility index (Phi) is 3.62. The van der Waals surface area contributed by atoms with Gasteiger partial charge in [0.2, 0.25) is 0 Å². The number of alkyl halides is 1. The predicted octanol–water partition coefficient (Wildman–Crippen LogP) is 2.85. The smallest absolute Gasteiger partial charge is 0.254 e. The summed E-state index contributed by atoms with van der Waals surface area (Å²) in [5.41, 5.74) is -0.277. The number of halogens is 3. The molecule has 0 saturated heterocycles. The van der Waals surface area contributed by atoms with E-state index >= 15 is 0 Å². The van der Waals surface area contributed by atoms with E-state index in [1.54, 1.807) is 0 Å². The van der Waals surface area contributed by atoms with Gasteiger partial charge in [0, 0.05) is 6.04 Å². The van der Waals surface area contributed by atoms with Crippen molar-refractivity contribution in [2.45, 2.75) is 30.7 Å². The van der Waals surface area contributed by atoms with Crippen LogP contribution in [0.15, 0.2) is 18.2 Å². The van der Waals surface area contributed by atoms with Gasteiger partial charge in [-0.05, 0) is 37.5 Å². The summed E-state index contributed by atoms with van der Waals surface area (Å²) in [6.45, 7) is 0. The molecule has 1 amide bonds. The molecule has 0 aliphatic heterocycles. The molecule has 1 fully saturated rings. The van der Waals surface area contributed by atoms with E-state index in [0.29, 0.717) is 0 Å². The maximum Gasteiger partial charge on any atom is 0.254 e. The molecule has 1 aliphatic carbocycles. The molecule has 1 aromatic rings. The highest BCUT2D eigenvalue weighted by Gasteiger charge is 2.27. The van der Waals surface area contributed by atoms with E-state index in [4.69, 9.17) is 11.6 Å². The Hall–Kier alpha value is -1.16. The van der Waals surface area contributed by atoms with E-state index in [2.05, 4.69) is 5.32 Å². The summed E-state index contributed by atoms with van der Waals surface area (Å²) in [6, 6.07) is 2.65. The SMILES string of the molecule is O=C(NC1CCCC1Cl)c1cc(F)ccc1F. The molecule has 2 rings (SSSR count). The van der Waals surface area contributed by atoms with Gasteiger partial charge in [0.25, 0.3) is 5.91 Å². The van der Waals surface area contributed by atoms with Gasteiger partial charge in [0.15, 0.2) is 0 Å². The Bertz CT molecular complexity index is 439. The number of hydrogen-bond acceptors (Lipinski definition) is 1. The van der Waals surface area contributed by atoms with Gasteiger partial charge in [-0.15, -0.1) is 11.6 Å². The fourth-order valence-electron chi connectivity index (χ4n) is 2.00. The van der Waals surface area contributed by atoms with Crippen LogP contribution in [0.3, 0.4) is 0 Å². The fraction of sp³-hybridized carbons (Fsp3) is 0.417. The summed E-state index contributed by atoms with van der Waals surface area (Å²) in [7, 11) is 0. The number of nitrogens with one attached hydrogen (secondary N) is 1. The molecule has 0 bridgehead atoms. The standard InChI is InChI=1S/C12H12ClF2NO/c13-9-2-1-3-11(9)16-12(17)8-6-7(14)4-5-10(8)15/h4-6,9,11H,1-3H2,(H,16,17). The molecule has 92 valence electrons. The molecule has 1 saturated carbocycles. The molecule has 0 heterocycles. The zero-order valence-electron chi connectivity index (χ0n) is 9.05. The largest absolute Gasteiger partial charge is 0.348 e. The Balaban J connectivity index is 2.11. The minimum absolute atomic E-state index is 0.129. The van der Waals surface area contributed by atoms with Crippen molar-refractivity contribution >= 4 is 17.5 Å². The molecule has 5 heteroatoms. The van der Waals surface area contributed by atoms with Crippen LogP contribution in [0.25, 0.3) is 0 Å². The van der Waals surface area contributed by atoms with Gasteiger partial charge in [-0.2, -0.15) is 0 Å². The van der Waals surface area contributed by atoms with Crippen molar-refractivity contribution in [3.8, 4) is 0 Å². The topological polar surface area (TPSA) is 29.1 Å². The van der Waals surface area contributed by atoms with Gasteiger partial charge in [-0.3, -0.25) is 4.79 Å². The Morgan fingerprint density at radius 2 is 2.12 bits per heavy atom. The third kappa shape index (κ3) is 2.75. The number of amides is 1. The molecule has 2 unspecified atom stereocenters. The number of benzene rings is 1. The van der Waals surface area contributed by atoms with Gasteiger partial charge in [-0.1, -0.05) is 0 Å². The van der Waals surface area contributed by atoms with Crippen LogP contribution in [0.1, 0.15) is 29.6 Å². The Morgan fingerprint density at radius 1 is 1.35 bits per heavy atom. The molecule has 17 heavy (non-hydrogen) atoms. The van der Waals surface area contributed by atoms with Crippen molar-refractivity contribution in [3.05, 3.63) is 35.4 Å². The van der Waals surface area contributed by atoms with Crippen molar-refractivity contribution in [1.82, 2.24) is 5.32 Å². The quantitative estimate of drug-likeness (QED) is 0.813. The molecule has 2 atom stereocenters. The summed E-state index contributed by atoms with van der Waals surface area (Å²) in [5, 5.41) is 2.51. The first kappa shape index (κ1) is 12.3. The summed E-state index contributed by atoms with van der Waals surface area (Å²) in [5.74, 6) is -1.97. The van der Waals surface area contributed by atoms with Crippen LogP contribution in [-0.4, -0.2) is 17.3 Å². The first-order chi connectivity index (χ1) is 8.08.